The van der Waals surface area contributed by atoms with E-state index in [0.29, 0.717) is 17.0 Å². The zero-order chi connectivity index (χ0) is 14.7. The maximum absolute atomic E-state index is 13.7. The van der Waals surface area contributed by atoms with E-state index < -0.39 is 6.10 Å². The van der Waals surface area contributed by atoms with Crippen LogP contribution < -0.4 is 5.32 Å². The van der Waals surface area contributed by atoms with E-state index in [1.807, 2.05) is 0 Å². The lowest BCUT2D eigenvalue weighted by Gasteiger charge is -2.08. The van der Waals surface area contributed by atoms with Crippen molar-refractivity contribution in [3.8, 4) is 0 Å². The molecule has 0 bridgehead atoms. The Labute approximate surface area is 120 Å². The lowest BCUT2D eigenvalue weighted by molar-refractivity contribution is -0.131. The molecule has 1 aliphatic rings. The molecule has 1 amide bonds. The fourth-order valence-corrected chi connectivity index (χ4v) is 2.07. The summed E-state index contributed by atoms with van der Waals surface area (Å²) in [6, 6.07) is 9.78. The van der Waals surface area contributed by atoms with Gasteiger partial charge in [-0.25, -0.2) is 4.39 Å². The second-order valence-corrected chi connectivity index (χ2v) is 4.61. The molecular weight excluding hydrogens is 275 g/mol. The molecule has 1 atom stereocenters. The van der Waals surface area contributed by atoms with Gasteiger partial charge in [0.1, 0.15) is 11.6 Å². The van der Waals surface area contributed by atoms with E-state index in [0.717, 1.165) is 0 Å². The van der Waals surface area contributed by atoms with E-state index >= 15 is 0 Å². The van der Waals surface area contributed by atoms with Crippen molar-refractivity contribution in [3.05, 3.63) is 59.8 Å². The van der Waals surface area contributed by atoms with Gasteiger partial charge >= 0.3 is 0 Å². The first-order valence-electron chi connectivity index (χ1n) is 6.52. The largest absolute Gasteiger partial charge is 0.467 e. The quantitative estimate of drug-likeness (QED) is 0.938. The molecule has 1 N–H and O–H groups in total. The van der Waals surface area contributed by atoms with Crippen LogP contribution >= 0.6 is 0 Å². The van der Waals surface area contributed by atoms with Gasteiger partial charge in [0.15, 0.2) is 0 Å². The molecule has 2 heterocycles. The third-order valence-corrected chi connectivity index (χ3v) is 3.16. The monoisotopic (exact) mass is 288 g/mol. The molecule has 2 aromatic rings. The summed E-state index contributed by atoms with van der Waals surface area (Å²) in [6.07, 6.45) is 1.03. The SMILES string of the molecule is O=C(NCc1ccco1)[C@H]1CC(c2ccccc2F)=NO1. The lowest BCUT2D eigenvalue weighted by Crippen LogP contribution is -2.34. The van der Waals surface area contributed by atoms with E-state index in [9.17, 15) is 9.18 Å². The zero-order valence-corrected chi connectivity index (χ0v) is 11.1. The van der Waals surface area contributed by atoms with Gasteiger partial charge in [-0.3, -0.25) is 4.79 Å². The maximum Gasteiger partial charge on any atom is 0.264 e. The molecule has 108 valence electrons. The number of hydrogen-bond donors (Lipinski definition) is 1. The Balaban J connectivity index is 1.58. The van der Waals surface area contributed by atoms with Gasteiger partial charge in [0.25, 0.3) is 5.91 Å². The van der Waals surface area contributed by atoms with Gasteiger partial charge in [-0.1, -0.05) is 23.4 Å². The summed E-state index contributed by atoms with van der Waals surface area (Å²) in [4.78, 5) is 17.0. The van der Waals surface area contributed by atoms with Crippen molar-refractivity contribution in [3.63, 3.8) is 0 Å². The van der Waals surface area contributed by atoms with Crippen LogP contribution in [-0.2, 0) is 16.2 Å². The molecule has 0 aliphatic carbocycles. The highest BCUT2D eigenvalue weighted by Gasteiger charge is 2.29. The number of nitrogens with one attached hydrogen (secondary N) is 1. The highest BCUT2D eigenvalue weighted by molar-refractivity contribution is 6.04. The molecule has 21 heavy (non-hydrogen) atoms. The lowest BCUT2D eigenvalue weighted by atomic mass is 10.0. The number of hydrogen-bond acceptors (Lipinski definition) is 4. The van der Waals surface area contributed by atoms with E-state index in [1.54, 1.807) is 30.3 Å². The summed E-state index contributed by atoms with van der Waals surface area (Å²) in [6.45, 7) is 0.278. The molecule has 0 spiro atoms. The Morgan fingerprint density at radius 2 is 2.19 bits per heavy atom. The van der Waals surface area contributed by atoms with Gasteiger partial charge < -0.3 is 14.6 Å². The van der Waals surface area contributed by atoms with Gasteiger partial charge in [-0.2, -0.15) is 0 Å². The van der Waals surface area contributed by atoms with Crippen molar-refractivity contribution >= 4 is 11.6 Å². The number of rotatable bonds is 4. The highest BCUT2D eigenvalue weighted by atomic mass is 19.1. The molecule has 6 heteroatoms. The van der Waals surface area contributed by atoms with Crippen molar-refractivity contribution < 1.29 is 18.4 Å². The van der Waals surface area contributed by atoms with Gasteiger partial charge in [0.05, 0.1) is 18.5 Å². The van der Waals surface area contributed by atoms with E-state index in [-0.39, 0.29) is 24.7 Å². The predicted molar refractivity (Wildman–Crippen MR) is 73.0 cm³/mol. The van der Waals surface area contributed by atoms with E-state index in [2.05, 4.69) is 10.5 Å². The standard InChI is InChI=1S/C15H13FN2O3/c16-12-6-2-1-5-11(12)13-8-14(21-18-13)15(19)17-9-10-4-3-7-20-10/h1-7,14H,8-9H2,(H,17,19)/t14-/m1/s1. The first kappa shape index (κ1) is 13.4. The molecule has 0 saturated carbocycles. The minimum absolute atomic E-state index is 0.241. The summed E-state index contributed by atoms with van der Waals surface area (Å²) in [5.74, 6) is -0.0328. The summed E-state index contributed by atoms with van der Waals surface area (Å²) >= 11 is 0. The Morgan fingerprint density at radius 3 is 2.95 bits per heavy atom. The number of benzene rings is 1. The average molecular weight is 288 g/mol. The second-order valence-electron chi connectivity index (χ2n) is 4.61. The van der Waals surface area contributed by atoms with E-state index in [1.165, 1.54) is 12.3 Å². The third kappa shape index (κ3) is 2.94. The van der Waals surface area contributed by atoms with Crippen LogP contribution in [-0.4, -0.2) is 17.7 Å². The van der Waals surface area contributed by atoms with Gasteiger partial charge in [-0.05, 0) is 18.2 Å². The van der Waals surface area contributed by atoms with Crippen molar-refractivity contribution in [2.45, 2.75) is 19.1 Å². The predicted octanol–water partition coefficient (Wildman–Crippen LogP) is 2.23. The number of carbonyl (C=O) groups is 1. The fraction of sp³-hybridized carbons (Fsp3) is 0.200. The number of amides is 1. The van der Waals surface area contributed by atoms with Crippen molar-refractivity contribution in [2.75, 3.05) is 0 Å². The topological polar surface area (TPSA) is 63.8 Å². The number of nitrogens with zero attached hydrogens (tertiary/aromatic N) is 1. The summed E-state index contributed by atoms with van der Waals surface area (Å²) in [7, 11) is 0. The number of halogens is 1. The summed E-state index contributed by atoms with van der Waals surface area (Å²) in [5.41, 5.74) is 0.796. The summed E-state index contributed by atoms with van der Waals surface area (Å²) < 4.78 is 18.8. The first-order chi connectivity index (χ1) is 10.2. The fourth-order valence-electron chi connectivity index (χ4n) is 2.07. The van der Waals surface area contributed by atoms with Crippen molar-refractivity contribution in [1.82, 2.24) is 5.32 Å². The van der Waals surface area contributed by atoms with Crippen LogP contribution in [0.4, 0.5) is 4.39 Å². The Kier molecular flexibility index (Phi) is 3.68. The summed E-state index contributed by atoms with van der Waals surface area (Å²) in [5, 5.41) is 6.50. The Morgan fingerprint density at radius 1 is 1.33 bits per heavy atom. The second kappa shape index (κ2) is 5.78. The van der Waals surface area contributed by atoms with Crippen LogP contribution in [0.2, 0.25) is 0 Å². The normalized spacial score (nSPS) is 17.2. The van der Waals surface area contributed by atoms with Crippen LogP contribution in [0.3, 0.4) is 0 Å². The first-order valence-corrected chi connectivity index (χ1v) is 6.52. The molecule has 1 aliphatic heterocycles. The molecule has 5 nitrogen and oxygen atoms in total. The van der Waals surface area contributed by atoms with Crippen LogP contribution in [0.15, 0.2) is 52.2 Å². The van der Waals surface area contributed by atoms with Crippen LogP contribution in [0.25, 0.3) is 0 Å². The molecular formula is C15H13FN2O3. The van der Waals surface area contributed by atoms with Crippen molar-refractivity contribution in [1.29, 1.82) is 0 Å². The van der Waals surface area contributed by atoms with Gasteiger partial charge in [-0.15, -0.1) is 0 Å². The minimum atomic E-state index is -0.741. The van der Waals surface area contributed by atoms with Crippen molar-refractivity contribution in [2.24, 2.45) is 5.16 Å². The maximum atomic E-state index is 13.7. The van der Waals surface area contributed by atoms with Crippen LogP contribution in [0.1, 0.15) is 17.7 Å². The molecule has 0 fully saturated rings. The molecule has 1 aromatic carbocycles. The highest BCUT2D eigenvalue weighted by Crippen LogP contribution is 2.19. The molecule has 1 aromatic heterocycles. The molecule has 0 radical (unpaired) electrons. The average Bonchev–Trinajstić information content (AvgIpc) is 3.17. The Hall–Kier alpha value is -2.63. The third-order valence-electron chi connectivity index (χ3n) is 3.16. The number of oxime groups is 1. The van der Waals surface area contributed by atoms with E-state index in [4.69, 9.17) is 9.25 Å². The van der Waals surface area contributed by atoms with Crippen LogP contribution in [0, 0.1) is 5.82 Å². The van der Waals surface area contributed by atoms with Crippen LogP contribution in [0.5, 0.6) is 0 Å². The molecule has 0 saturated heterocycles. The van der Waals surface area contributed by atoms with Gasteiger partial charge in [0.2, 0.25) is 6.10 Å². The number of carbonyl (C=O) groups excluding carboxylic acids is 1. The zero-order valence-electron chi connectivity index (χ0n) is 11.1. The smallest absolute Gasteiger partial charge is 0.264 e. The molecule has 0 unspecified atom stereocenters. The minimum Gasteiger partial charge on any atom is -0.467 e. The van der Waals surface area contributed by atoms with Gasteiger partial charge in [0, 0.05) is 12.0 Å². The Bertz CT molecular complexity index is 667. The molecule has 3 rings (SSSR count). The number of furan rings is 1.